The van der Waals surface area contributed by atoms with Crippen molar-refractivity contribution in [3.05, 3.63) is 86.3 Å². The molecule has 8 nitrogen and oxygen atoms in total. The minimum absolute atomic E-state index is 0. The molecule has 0 amide bonds. The summed E-state index contributed by atoms with van der Waals surface area (Å²) in [6.45, 7) is 6.23. The Bertz CT molecular complexity index is 1020. The van der Waals surface area contributed by atoms with Gasteiger partial charge in [0.25, 0.3) is 5.71 Å². The third-order valence-corrected chi connectivity index (χ3v) is 3.68. The van der Waals surface area contributed by atoms with Gasteiger partial charge in [-0.1, -0.05) is 59.2 Å². The molecule has 0 spiro atoms. The van der Waals surface area contributed by atoms with Crippen LogP contribution in [-0.4, -0.2) is 11.5 Å². The van der Waals surface area contributed by atoms with E-state index in [9.17, 15) is 5.21 Å². The van der Waals surface area contributed by atoms with E-state index in [1.54, 1.807) is 36.4 Å². The third kappa shape index (κ3) is 15.1. The average molecular weight is 498 g/mol. The Morgan fingerprint density at radius 3 is 1.72 bits per heavy atom. The standard InChI is InChI=1S/C10H6ClN3O.C7H6Cl2.C3HN3O.Na/c11-9-3-1-8(2-4-9)7-15-14-10(5-12)6-13;8-5-6-1-3-7(9)4-2-6;1-5-3(2-4)6-7;/h1-4H,7H2;1-4H,5H2;7H;/q;;;+1/p-1/b;;6-3+;. The Morgan fingerprint density at radius 2 is 1.41 bits per heavy atom. The van der Waals surface area contributed by atoms with Crippen molar-refractivity contribution in [2.45, 2.75) is 12.5 Å². The van der Waals surface area contributed by atoms with E-state index in [0.717, 1.165) is 16.1 Å². The molecule has 0 radical (unpaired) electrons. The van der Waals surface area contributed by atoms with Gasteiger partial charge in [-0.2, -0.15) is 10.5 Å². The van der Waals surface area contributed by atoms with Crippen molar-refractivity contribution in [2.75, 3.05) is 0 Å². The third-order valence-electron chi connectivity index (χ3n) is 2.87. The summed E-state index contributed by atoms with van der Waals surface area (Å²) in [7, 11) is 0. The minimum Gasteiger partial charge on any atom is -0.691 e. The van der Waals surface area contributed by atoms with Crippen LogP contribution in [0.15, 0.2) is 58.8 Å². The molecule has 0 bridgehead atoms. The first-order chi connectivity index (χ1) is 14.9. The van der Waals surface area contributed by atoms with Gasteiger partial charge in [0.15, 0.2) is 0 Å². The van der Waals surface area contributed by atoms with Gasteiger partial charge < -0.3 is 14.9 Å². The van der Waals surface area contributed by atoms with Crippen molar-refractivity contribution in [1.29, 1.82) is 15.8 Å². The molecule has 0 saturated carbocycles. The number of nitriles is 3. The molecule has 2 aromatic rings. The smallest absolute Gasteiger partial charge is 0.691 e. The first-order valence-electron chi connectivity index (χ1n) is 7.96. The molecule has 0 aliphatic carbocycles. The van der Waals surface area contributed by atoms with Crippen LogP contribution in [0.5, 0.6) is 0 Å². The summed E-state index contributed by atoms with van der Waals surface area (Å²) in [6.07, 6.45) is 0. The number of rotatable bonds is 4. The molecule has 12 heteroatoms. The van der Waals surface area contributed by atoms with E-state index >= 15 is 0 Å². The molecule has 0 atom stereocenters. The number of halogens is 3. The second kappa shape index (κ2) is 20.1. The van der Waals surface area contributed by atoms with E-state index in [2.05, 4.69) is 15.2 Å². The zero-order valence-electron chi connectivity index (χ0n) is 16.7. The predicted octanol–water partition coefficient (Wildman–Crippen LogP) is 2.67. The van der Waals surface area contributed by atoms with Gasteiger partial charge in [0, 0.05) is 15.9 Å². The molecule has 32 heavy (non-hydrogen) atoms. The van der Waals surface area contributed by atoms with Crippen molar-refractivity contribution < 1.29 is 34.4 Å². The van der Waals surface area contributed by atoms with E-state index in [-0.39, 0.29) is 41.9 Å². The van der Waals surface area contributed by atoms with Crippen LogP contribution in [0.1, 0.15) is 11.1 Å². The van der Waals surface area contributed by atoms with Gasteiger partial charge in [0.1, 0.15) is 24.8 Å². The molecule has 2 aromatic carbocycles. The molecule has 0 aromatic heterocycles. The molecule has 0 saturated heterocycles. The van der Waals surface area contributed by atoms with Crippen molar-refractivity contribution in [2.24, 2.45) is 10.3 Å². The van der Waals surface area contributed by atoms with Gasteiger partial charge in [-0.15, -0.1) is 16.8 Å². The summed E-state index contributed by atoms with van der Waals surface area (Å²) in [6, 6.07) is 18.9. The molecule has 0 heterocycles. The fourth-order valence-electron chi connectivity index (χ4n) is 1.46. The summed E-state index contributed by atoms with van der Waals surface area (Å²) in [5.74, 6) is -0.100. The van der Waals surface area contributed by atoms with Crippen molar-refractivity contribution in [3.63, 3.8) is 0 Å². The van der Waals surface area contributed by atoms with Crippen molar-refractivity contribution in [3.8, 4) is 18.2 Å². The van der Waals surface area contributed by atoms with Crippen molar-refractivity contribution in [1.82, 2.24) is 0 Å². The zero-order valence-corrected chi connectivity index (χ0v) is 20.9. The summed E-state index contributed by atoms with van der Waals surface area (Å²) in [5, 5.41) is 40.5. The van der Waals surface area contributed by atoms with Crippen LogP contribution in [-0.2, 0) is 17.3 Å². The number of benzene rings is 2. The Labute approximate surface area is 222 Å². The Kier molecular flexibility index (Phi) is 19.8. The molecule has 0 N–H and O–H groups in total. The normalized spacial score (nSPS) is 8.66. The molecular weight excluding hydrogens is 486 g/mol. The number of hydrogen-bond acceptors (Lipinski definition) is 7. The number of oxime groups is 1. The van der Waals surface area contributed by atoms with Crippen LogP contribution >= 0.6 is 34.8 Å². The second-order valence-electron chi connectivity index (χ2n) is 4.96. The Balaban J connectivity index is 0. The first-order valence-corrected chi connectivity index (χ1v) is 9.25. The minimum atomic E-state index is -0.653. The van der Waals surface area contributed by atoms with Gasteiger partial charge in [-0.25, -0.2) is 5.26 Å². The van der Waals surface area contributed by atoms with Crippen LogP contribution in [0.2, 0.25) is 10.0 Å². The van der Waals surface area contributed by atoms with Crippen LogP contribution in [0.3, 0.4) is 0 Å². The predicted molar refractivity (Wildman–Crippen MR) is 119 cm³/mol. The molecule has 0 aliphatic heterocycles. The fraction of sp³-hybridized carbons (Fsp3) is 0.100. The second-order valence-corrected chi connectivity index (χ2v) is 6.10. The molecule has 0 fully saturated rings. The molecule has 156 valence electrons. The largest absolute Gasteiger partial charge is 1.00 e. The van der Waals surface area contributed by atoms with E-state index in [4.69, 9.17) is 62.0 Å². The van der Waals surface area contributed by atoms with Gasteiger partial charge in [-0.05, 0) is 35.4 Å². The maximum absolute atomic E-state index is 9.24. The van der Waals surface area contributed by atoms with Crippen LogP contribution in [0.4, 0.5) is 0 Å². The Hall–Kier alpha value is -2.79. The number of hydrogen-bond donors (Lipinski definition) is 0. The van der Waals surface area contributed by atoms with E-state index in [0.29, 0.717) is 10.9 Å². The Morgan fingerprint density at radius 1 is 0.938 bits per heavy atom. The van der Waals surface area contributed by atoms with Crippen LogP contribution in [0, 0.1) is 45.8 Å². The summed E-state index contributed by atoms with van der Waals surface area (Å²) in [4.78, 5) is 7.25. The van der Waals surface area contributed by atoms with Crippen LogP contribution < -0.4 is 29.6 Å². The molecule has 0 aliphatic rings. The van der Waals surface area contributed by atoms with Crippen LogP contribution in [0.25, 0.3) is 4.85 Å². The summed E-state index contributed by atoms with van der Waals surface area (Å²) < 4.78 is 0. The average Bonchev–Trinajstić information content (AvgIpc) is 2.80. The SMILES string of the molecule is ClCc1ccc(Cl)cc1.N#CC(C#N)=NOCc1ccc(Cl)cc1.[C-]#[N+]/C(C#N)=N/[O-].[Na+]. The topological polar surface area (TPSA) is 133 Å². The van der Waals surface area contributed by atoms with E-state index in [1.165, 1.54) is 6.07 Å². The number of alkyl halides is 1. The summed E-state index contributed by atoms with van der Waals surface area (Å²) in [5.41, 5.74) is 1.66. The molecular formula is C20H12Cl3N6NaO2. The monoisotopic (exact) mass is 496 g/mol. The van der Waals surface area contributed by atoms with Gasteiger partial charge in [-0.3, -0.25) is 0 Å². The van der Waals surface area contributed by atoms with Gasteiger partial charge in [0.2, 0.25) is 0 Å². The van der Waals surface area contributed by atoms with Gasteiger partial charge in [0.05, 0.1) is 0 Å². The van der Waals surface area contributed by atoms with Gasteiger partial charge >= 0.3 is 35.4 Å². The maximum atomic E-state index is 9.24. The quantitative estimate of drug-likeness (QED) is 0.160. The van der Waals surface area contributed by atoms with E-state index < -0.39 is 5.84 Å². The number of amidine groups is 1. The fourth-order valence-corrected chi connectivity index (χ4v) is 1.89. The molecule has 0 unspecified atom stereocenters. The first kappa shape index (κ1) is 31.4. The zero-order chi connectivity index (χ0) is 23.5. The molecule has 2 rings (SSSR count). The van der Waals surface area contributed by atoms with Crippen molar-refractivity contribution >= 4 is 46.4 Å². The summed E-state index contributed by atoms with van der Waals surface area (Å²) >= 11 is 16.8. The number of nitrogens with zero attached hydrogens (tertiary/aromatic N) is 6. The van der Waals surface area contributed by atoms with E-state index in [1.807, 2.05) is 24.3 Å². The maximum Gasteiger partial charge on any atom is 1.00 e.